The van der Waals surface area contributed by atoms with Crippen LogP contribution < -0.4 is 4.90 Å². The highest BCUT2D eigenvalue weighted by Gasteiger charge is 2.33. The van der Waals surface area contributed by atoms with Gasteiger partial charge in [0.25, 0.3) is 5.69 Å². The summed E-state index contributed by atoms with van der Waals surface area (Å²) >= 11 is 3.44. The van der Waals surface area contributed by atoms with E-state index >= 15 is 0 Å². The van der Waals surface area contributed by atoms with Gasteiger partial charge in [-0.2, -0.15) is 0 Å². The van der Waals surface area contributed by atoms with Gasteiger partial charge in [-0.15, -0.1) is 0 Å². The van der Waals surface area contributed by atoms with Crippen molar-refractivity contribution in [2.75, 3.05) is 11.5 Å². The van der Waals surface area contributed by atoms with Gasteiger partial charge in [-0.3, -0.25) is 14.9 Å². The summed E-state index contributed by atoms with van der Waals surface area (Å²) < 4.78 is 6.57. The summed E-state index contributed by atoms with van der Waals surface area (Å²) in [6.07, 6.45) is 0.602. The minimum Gasteiger partial charge on any atom is -0.463 e. The zero-order valence-electron chi connectivity index (χ0n) is 16.1. The topological polar surface area (TPSA) is 72.7 Å². The first-order chi connectivity index (χ1) is 13.1. The number of ether oxygens (including phenoxy) is 1. The van der Waals surface area contributed by atoms with Crippen LogP contribution in [0.2, 0.25) is 0 Å². The smallest absolute Gasteiger partial charge is 0.311 e. The molecule has 0 amide bonds. The number of nitro benzene ring substituents is 1. The van der Waals surface area contributed by atoms with E-state index in [2.05, 4.69) is 20.8 Å². The van der Waals surface area contributed by atoms with E-state index in [1.54, 1.807) is 12.1 Å². The van der Waals surface area contributed by atoms with Crippen molar-refractivity contribution < 1.29 is 14.5 Å². The van der Waals surface area contributed by atoms with E-state index < -0.39 is 5.41 Å². The normalized spacial score (nSPS) is 16.0. The highest BCUT2D eigenvalue weighted by Crippen LogP contribution is 2.36. The molecular weight excluding hydrogens is 424 g/mol. The maximum Gasteiger partial charge on any atom is 0.311 e. The minimum atomic E-state index is -0.569. The number of esters is 1. The van der Waals surface area contributed by atoms with Crippen LogP contribution >= 0.6 is 15.9 Å². The van der Waals surface area contributed by atoms with Crippen molar-refractivity contribution in [3.05, 3.63) is 68.2 Å². The average Bonchev–Trinajstić information content (AvgIpc) is 2.97. The first-order valence-corrected chi connectivity index (χ1v) is 9.90. The van der Waals surface area contributed by atoms with E-state index in [4.69, 9.17) is 4.74 Å². The lowest BCUT2D eigenvalue weighted by Gasteiger charge is -2.28. The number of nitrogens with zero attached hydrogens (tertiary/aromatic N) is 2. The van der Waals surface area contributed by atoms with Crippen LogP contribution in [0, 0.1) is 15.5 Å². The first-order valence-electron chi connectivity index (χ1n) is 9.11. The average molecular weight is 447 g/mol. The van der Waals surface area contributed by atoms with E-state index in [1.165, 1.54) is 6.07 Å². The van der Waals surface area contributed by atoms with Crippen molar-refractivity contribution in [2.45, 2.75) is 39.8 Å². The SMILES string of the molecule is CC(C)(C)C(=O)OC[C@@H]1Cc2cc([N+](=O)[O-])ccc2N1Cc1ccc(Br)cc1. The number of non-ortho nitro benzene ring substituents is 1. The Hall–Kier alpha value is -2.41. The fourth-order valence-corrected chi connectivity index (χ4v) is 3.49. The lowest BCUT2D eigenvalue weighted by atomic mass is 9.97. The van der Waals surface area contributed by atoms with Gasteiger partial charge in [0.1, 0.15) is 6.61 Å². The van der Waals surface area contributed by atoms with Crippen LogP contribution in [0.1, 0.15) is 31.9 Å². The number of halogens is 1. The molecule has 0 N–H and O–H groups in total. The maximum absolute atomic E-state index is 12.2. The fourth-order valence-electron chi connectivity index (χ4n) is 3.23. The van der Waals surface area contributed by atoms with E-state index in [9.17, 15) is 14.9 Å². The minimum absolute atomic E-state index is 0.0630. The second-order valence-electron chi connectivity index (χ2n) is 8.03. The number of carbonyl (C=O) groups excluding carboxylic acids is 1. The molecule has 0 bridgehead atoms. The van der Waals surface area contributed by atoms with E-state index in [0.29, 0.717) is 13.0 Å². The van der Waals surface area contributed by atoms with Crippen molar-refractivity contribution in [1.82, 2.24) is 0 Å². The third-order valence-electron chi connectivity index (χ3n) is 4.77. The quantitative estimate of drug-likeness (QED) is 0.371. The molecule has 1 heterocycles. The van der Waals surface area contributed by atoms with Crippen molar-refractivity contribution in [3.63, 3.8) is 0 Å². The van der Waals surface area contributed by atoms with Gasteiger partial charge < -0.3 is 9.64 Å². The Balaban J connectivity index is 1.85. The maximum atomic E-state index is 12.2. The van der Waals surface area contributed by atoms with Crippen LogP contribution in [-0.2, 0) is 22.5 Å². The van der Waals surface area contributed by atoms with E-state index in [1.807, 2.05) is 45.0 Å². The number of anilines is 1. The molecule has 0 unspecified atom stereocenters. The number of fused-ring (bicyclic) bond motifs is 1. The summed E-state index contributed by atoms with van der Waals surface area (Å²) in [6, 6.07) is 12.9. The van der Waals surface area contributed by atoms with Gasteiger partial charge in [0, 0.05) is 28.8 Å². The predicted octanol–water partition coefficient (Wildman–Crippen LogP) is 4.88. The molecule has 0 radical (unpaired) electrons. The zero-order valence-corrected chi connectivity index (χ0v) is 17.7. The van der Waals surface area contributed by atoms with Crippen LogP contribution in [0.15, 0.2) is 46.9 Å². The largest absolute Gasteiger partial charge is 0.463 e. The third-order valence-corrected chi connectivity index (χ3v) is 5.29. The van der Waals surface area contributed by atoms with E-state index in [0.717, 1.165) is 21.3 Å². The molecule has 3 rings (SSSR count). The number of benzene rings is 2. The Morgan fingerprint density at radius 1 is 1.25 bits per heavy atom. The molecule has 0 saturated heterocycles. The molecule has 1 aliphatic rings. The highest BCUT2D eigenvalue weighted by atomic mass is 79.9. The summed E-state index contributed by atoms with van der Waals surface area (Å²) in [4.78, 5) is 25.1. The number of hydrogen-bond acceptors (Lipinski definition) is 5. The fraction of sp³-hybridized carbons (Fsp3) is 0.381. The molecule has 0 fully saturated rings. The molecule has 6 nitrogen and oxygen atoms in total. The molecule has 0 spiro atoms. The zero-order chi connectivity index (χ0) is 20.5. The molecule has 2 aromatic rings. The molecule has 0 saturated carbocycles. The Morgan fingerprint density at radius 3 is 2.54 bits per heavy atom. The van der Waals surface area contributed by atoms with Crippen LogP contribution in [0.3, 0.4) is 0 Å². The molecule has 1 aliphatic heterocycles. The summed E-state index contributed by atoms with van der Waals surface area (Å²) in [7, 11) is 0. The summed E-state index contributed by atoms with van der Waals surface area (Å²) in [5.74, 6) is -0.252. The van der Waals surface area contributed by atoms with Crippen LogP contribution in [0.25, 0.3) is 0 Å². The van der Waals surface area contributed by atoms with Gasteiger partial charge >= 0.3 is 5.97 Å². The monoisotopic (exact) mass is 446 g/mol. The van der Waals surface area contributed by atoms with Crippen molar-refractivity contribution in [3.8, 4) is 0 Å². The van der Waals surface area contributed by atoms with Gasteiger partial charge in [-0.05, 0) is 56.5 Å². The van der Waals surface area contributed by atoms with Crippen LogP contribution in [0.5, 0.6) is 0 Å². The lowest BCUT2D eigenvalue weighted by molar-refractivity contribution is -0.384. The van der Waals surface area contributed by atoms with Gasteiger partial charge in [0.05, 0.1) is 16.4 Å². The van der Waals surface area contributed by atoms with Crippen LogP contribution in [0.4, 0.5) is 11.4 Å². The van der Waals surface area contributed by atoms with Gasteiger partial charge in [-0.1, -0.05) is 28.1 Å². The number of carbonyl (C=O) groups is 1. The highest BCUT2D eigenvalue weighted by molar-refractivity contribution is 9.10. The number of nitro groups is 1. The summed E-state index contributed by atoms with van der Waals surface area (Å²) in [6.45, 7) is 6.34. The van der Waals surface area contributed by atoms with Gasteiger partial charge in [0.2, 0.25) is 0 Å². The Morgan fingerprint density at radius 2 is 1.93 bits per heavy atom. The Kier molecular flexibility index (Phi) is 5.74. The molecule has 7 heteroatoms. The standard InChI is InChI=1S/C21H23BrN2O4/c1-21(2,3)20(25)28-13-18-11-15-10-17(24(26)27)8-9-19(15)23(18)12-14-4-6-16(22)7-5-14/h4-10,18H,11-13H2,1-3H3/t18-/m0/s1. The predicted molar refractivity (Wildman–Crippen MR) is 111 cm³/mol. The number of rotatable bonds is 5. The van der Waals surface area contributed by atoms with Crippen molar-refractivity contribution >= 4 is 33.3 Å². The van der Waals surface area contributed by atoms with E-state index in [-0.39, 0.29) is 29.2 Å². The number of hydrogen-bond donors (Lipinski definition) is 0. The molecule has 0 aliphatic carbocycles. The summed E-state index contributed by atoms with van der Waals surface area (Å²) in [5, 5.41) is 11.1. The molecule has 2 aromatic carbocycles. The van der Waals surface area contributed by atoms with Crippen molar-refractivity contribution in [2.24, 2.45) is 5.41 Å². The summed E-state index contributed by atoms with van der Waals surface area (Å²) in [5.41, 5.74) is 2.48. The third kappa shape index (κ3) is 4.52. The second-order valence-corrected chi connectivity index (χ2v) is 8.95. The van der Waals surface area contributed by atoms with Gasteiger partial charge in [0.15, 0.2) is 0 Å². The lowest BCUT2D eigenvalue weighted by Crippen LogP contribution is -2.37. The molecular formula is C21H23BrN2O4. The Labute approximate surface area is 172 Å². The molecule has 0 aromatic heterocycles. The first kappa shape index (κ1) is 20.3. The second kappa shape index (κ2) is 7.91. The van der Waals surface area contributed by atoms with Crippen molar-refractivity contribution in [1.29, 1.82) is 0 Å². The molecule has 148 valence electrons. The van der Waals surface area contributed by atoms with Gasteiger partial charge in [-0.25, -0.2) is 0 Å². The Bertz CT molecular complexity index is 890. The van der Waals surface area contributed by atoms with Crippen LogP contribution in [-0.4, -0.2) is 23.5 Å². The molecule has 28 heavy (non-hydrogen) atoms. The molecule has 1 atom stereocenters.